The van der Waals surface area contributed by atoms with Crippen molar-refractivity contribution in [3.8, 4) is 0 Å². The highest BCUT2D eigenvalue weighted by Gasteiger charge is 2.13. The van der Waals surface area contributed by atoms with Gasteiger partial charge in [0.25, 0.3) is 0 Å². The summed E-state index contributed by atoms with van der Waals surface area (Å²) < 4.78 is 28.0. The number of benzene rings is 2. The molecule has 0 saturated heterocycles. The molecule has 2 rings (SSSR count). The highest BCUT2D eigenvalue weighted by atomic mass is 79.9. The fourth-order valence-corrected chi connectivity index (χ4v) is 2.28. The molecule has 0 aliphatic carbocycles. The van der Waals surface area contributed by atoms with Gasteiger partial charge in [0, 0.05) is 15.1 Å². The van der Waals surface area contributed by atoms with Gasteiger partial charge in [-0.15, -0.1) is 0 Å². The zero-order valence-corrected chi connectivity index (χ0v) is 12.4. The predicted molar refractivity (Wildman–Crippen MR) is 77.5 cm³/mol. The standard InChI is InChI=1S/C14H11BrClF2N/c1-8(11-4-2-9(15)6-13(11)18)19-14-7-10(16)3-5-12(14)17/h2-8,19H,1H3. The van der Waals surface area contributed by atoms with E-state index in [-0.39, 0.29) is 17.5 Å². The number of nitrogens with one attached hydrogen (secondary N) is 1. The molecule has 0 aliphatic heterocycles. The molecule has 19 heavy (non-hydrogen) atoms. The van der Waals surface area contributed by atoms with E-state index in [0.717, 1.165) is 0 Å². The summed E-state index contributed by atoms with van der Waals surface area (Å²) in [7, 11) is 0. The SMILES string of the molecule is CC(Nc1cc(Cl)ccc1F)c1ccc(Br)cc1F. The van der Waals surface area contributed by atoms with Crippen molar-refractivity contribution in [3.05, 3.63) is 63.1 Å². The number of anilines is 1. The van der Waals surface area contributed by atoms with Crippen molar-refractivity contribution in [3.63, 3.8) is 0 Å². The van der Waals surface area contributed by atoms with E-state index in [4.69, 9.17) is 11.6 Å². The van der Waals surface area contributed by atoms with E-state index in [0.29, 0.717) is 15.1 Å². The molecule has 2 aromatic carbocycles. The van der Waals surface area contributed by atoms with Gasteiger partial charge in [-0.25, -0.2) is 8.78 Å². The molecule has 0 bridgehead atoms. The Labute approximate surface area is 123 Å². The molecule has 0 aromatic heterocycles. The van der Waals surface area contributed by atoms with Crippen LogP contribution in [0.2, 0.25) is 5.02 Å². The highest BCUT2D eigenvalue weighted by molar-refractivity contribution is 9.10. The third kappa shape index (κ3) is 3.45. The third-order valence-electron chi connectivity index (χ3n) is 2.73. The van der Waals surface area contributed by atoms with Crippen molar-refractivity contribution in [2.45, 2.75) is 13.0 Å². The first-order valence-corrected chi connectivity index (χ1v) is 6.81. The lowest BCUT2D eigenvalue weighted by Gasteiger charge is -2.17. The van der Waals surface area contributed by atoms with E-state index in [2.05, 4.69) is 21.2 Å². The lowest BCUT2D eigenvalue weighted by molar-refractivity contribution is 0.595. The van der Waals surface area contributed by atoms with E-state index < -0.39 is 5.82 Å². The molecule has 0 aliphatic rings. The van der Waals surface area contributed by atoms with Crippen molar-refractivity contribution in [2.75, 3.05) is 5.32 Å². The van der Waals surface area contributed by atoms with Gasteiger partial charge in [0.05, 0.1) is 11.7 Å². The first-order valence-electron chi connectivity index (χ1n) is 5.64. The van der Waals surface area contributed by atoms with Crippen LogP contribution in [0.5, 0.6) is 0 Å². The van der Waals surface area contributed by atoms with E-state index in [1.165, 1.54) is 24.3 Å². The summed E-state index contributed by atoms with van der Waals surface area (Å²) >= 11 is 9.01. The van der Waals surface area contributed by atoms with Crippen LogP contribution in [0.15, 0.2) is 40.9 Å². The molecule has 0 heterocycles. The third-order valence-corrected chi connectivity index (χ3v) is 3.46. The zero-order chi connectivity index (χ0) is 14.0. The minimum absolute atomic E-state index is 0.252. The summed E-state index contributed by atoms with van der Waals surface area (Å²) in [5.41, 5.74) is 0.713. The second-order valence-corrected chi connectivity index (χ2v) is 5.51. The average molecular weight is 347 g/mol. The molecule has 1 nitrogen and oxygen atoms in total. The summed E-state index contributed by atoms with van der Waals surface area (Å²) in [5, 5.41) is 3.34. The Kier molecular flexibility index (Phi) is 4.42. The highest BCUT2D eigenvalue weighted by Crippen LogP contribution is 2.27. The van der Waals surface area contributed by atoms with Gasteiger partial charge in [-0.05, 0) is 37.3 Å². The Balaban J connectivity index is 2.25. The Morgan fingerprint density at radius 3 is 2.53 bits per heavy atom. The van der Waals surface area contributed by atoms with Crippen LogP contribution in [-0.2, 0) is 0 Å². The fraction of sp³-hybridized carbons (Fsp3) is 0.143. The summed E-state index contributed by atoms with van der Waals surface area (Å²) in [6, 6.07) is 8.61. The smallest absolute Gasteiger partial charge is 0.146 e. The predicted octanol–water partition coefficient (Wildman–Crippen LogP) is 5.55. The van der Waals surface area contributed by atoms with Crippen LogP contribution in [0.25, 0.3) is 0 Å². The molecule has 5 heteroatoms. The van der Waals surface area contributed by atoms with Crippen LogP contribution in [0.3, 0.4) is 0 Å². The lowest BCUT2D eigenvalue weighted by Crippen LogP contribution is -2.09. The van der Waals surface area contributed by atoms with Crippen molar-refractivity contribution >= 4 is 33.2 Å². The quantitative estimate of drug-likeness (QED) is 0.768. The van der Waals surface area contributed by atoms with Gasteiger partial charge < -0.3 is 5.32 Å². The maximum absolute atomic E-state index is 13.8. The summed E-state index contributed by atoms with van der Waals surface area (Å²) in [6.07, 6.45) is 0. The maximum atomic E-state index is 13.8. The molecule has 0 fully saturated rings. The largest absolute Gasteiger partial charge is 0.376 e. The topological polar surface area (TPSA) is 12.0 Å². The van der Waals surface area contributed by atoms with Crippen molar-refractivity contribution < 1.29 is 8.78 Å². The average Bonchev–Trinajstić information content (AvgIpc) is 2.33. The van der Waals surface area contributed by atoms with Gasteiger partial charge in [0.2, 0.25) is 0 Å². The Morgan fingerprint density at radius 1 is 1.11 bits per heavy atom. The second kappa shape index (κ2) is 5.88. The fourth-order valence-electron chi connectivity index (χ4n) is 1.77. The van der Waals surface area contributed by atoms with Gasteiger partial charge in [-0.3, -0.25) is 0 Å². The van der Waals surface area contributed by atoms with Gasteiger partial charge in [-0.1, -0.05) is 33.6 Å². The second-order valence-electron chi connectivity index (χ2n) is 4.16. The van der Waals surface area contributed by atoms with Crippen molar-refractivity contribution in [1.29, 1.82) is 0 Å². The van der Waals surface area contributed by atoms with E-state index in [1.807, 2.05) is 0 Å². The van der Waals surface area contributed by atoms with Crippen molar-refractivity contribution in [2.24, 2.45) is 0 Å². The molecule has 1 unspecified atom stereocenters. The number of rotatable bonds is 3. The lowest BCUT2D eigenvalue weighted by atomic mass is 10.1. The Bertz CT molecular complexity index is 604. The maximum Gasteiger partial charge on any atom is 0.146 e. The molecule has 0 saturated carbocycles. The minimum atomic E-state index is -0.422. The first-order chi connectivity index (χ1) is 8.97. The summed E-state index contributed by atoms with van der Waals surface area (Å²) in [4.78, 5) is 0. The van der Waals surface area contributed by atoms with Gasteiger partial charge in [0.1, 0.15) is 11.6 Å². The first kappa shape index (κ1) is 14.3. The van der Waals surface area contributed by atoms with E-state index in [1.54, 1.807) is 19.1 Å². The van der Waals surface area contributed by atoms with Gasteiger partial charge in [0.15, 0.2) is 0 Å². The molecule has 100 valence electrons. The summed E-state index contributed by atoms with van der Waals surface area (Å²) in [5.74, 6) is -0.773. The van der Waals surface area contributed by atoms with Crippen LogP contribution in [0.4, 0.5) is 14.5 Å². The zero-order valence-electron chi connectivity index (χ0n) is 10.1. The van der Waals surface area contributed by atoms with Crippen LogP contribution in [-0.4, -0.2) is 0 Å². The molecule has 0 spiro atoms. The Hall–Kier alpha value is -1.13. The van der Waals surface area contributed by atoms with Crippen LogP contribution >= 0.6 is 27.5 Å². The molecule has 2 aromatic rings. The number of hydrogen-bond donors (Lipinski definition) is 1. The van der Waals surface area contributed by atoms with E-state index >= 15 is 0 Å². The molecule has 1 N–H and O–H groups in total. The van der Waals surface area contributed by atoms with Crippen LogP contribution < -0.4 is 5.32 Å². The number of hydrogen-bond acceptors (Lipinski definition) is 1. The monoisotopic (exact) mass is 345 g/mol. The molecule has 1 atom stereocenters. The molecular formula is C14H11BrClF2N. The van der Waals surface area contributed by atoms with Crippen LogP contribution in [0.1, 0.15) is 18.5 Å². The molecule has 0 amide bonds. The molecular weight excluding hydrogens is 336 g/mol. The minimum Gasteiger partial charge on any atom is -0.376 e. The molecule has 0 radical (unpaired) electrons. The summed E-state index contributed by atoms with van der Waals surface area (Å²) in [6.45, 7) is 1.76. The Morgan fingerprint density at radius 2 is 1.84 bits per heavy atom. The number of halogens is 4. The van der Waals surface area contributed by atoms with Gasteiger partial charge in [-0.2, -0.15) is 0 Å². The van der Waals surface area contributed by atoms with Gasteiger partial charge >= 0.3 is 0 Å². The van der Waals surface area contributed by atoms with E-state index in [9.17, 15) is 8.78 Å². The normalized spacial score (nSPS) is 12.3. The van der Waals surface area contributed by atoms with Crippen molar-refractivity contribution in [1.82, 2.24) is 0 Å². The van der Waals surface area contributed by atoms with Crippen LogP contribution in [0, 0.1) is 11.6 Å².